The van der Waals surface area contributed by atoms with E-state index >= 15 is 0 Å². The van der Waals surface area contributed by atoms with Gasteiger partial charge >= 0.3 is 0 Å². The molecule has 3 rings (SSSR count). The second-order valence-electron chi connectivity index (χ2n) is 5.56. The largest absolute Gasteiger partial charge is 0.454 e. The normalized spacial score (nSPS) is 24.6. The molecule has 2 aliphatic heterocycles. The lowest BCUT2D eigenvalue weighted by Crippen LogP contribution is -2.44. The molecule has 2 heterocycles. The van der Waals surface area contributed by atoms with Crippen LogP contribution in [0.1, 0.15) is 18.9 Å². The number of aliphatic hydroxyl groups is 1. The van der Waals surface area contributed by atoms with Crippen LogP contribution in [-0.2, 0) is 4.79 Å². The summed E-state index contributed by atoms with van der Waals surface area (Å²) < 4.78 is 10.6. The Morgan fingerprint density at radius 1 is 1.38 bits per heavy atom. The number of carbonyl (C=O) groups is 1. The minimum absolute atomic E-state index is 0.0218. The summed E-state index contributed by atoms with van der Waals surface area (Å²) >= 11 is 0. The first-order valence-corrected chi connectivity index (χ1v) is 7.18. The zero-order chi connectivity index (χ0) is 14.8. The van der Waals surface area contributed by atoms with Gasteiger partial charge in [-0.15, -0.1) is 0 Å². The summed E-state index contributed by atoms with van der Waals surface area (Å²) in [5.74, 6) is 1.55. The van der Waals surface area contributed by atoms with Crippen molar-refractivity contribution in [2.24, 2.45) is 5.92 Å². The number of aliphatic hydroxyl groups excluding tert-OH is 1. The van der Waals surface area contributed by atoms with Crippen LogP contribution < -0.4 is 9.47 Å². The van der Waals surface area contributed by atoms with Gasteiger partial charge < -0.3 is 19.5 Å². The Kier molecular flexibility index (Phi) is 3.84. The van der Waals surface area contributed by atoms with Crippen molar-refractivity contribution in [1.82, 2.24) is 4.90 Å². The molecule has 2 aliphatic rings. The highest BCUT2D eigenvalue weighted by Crippen LogP contribution is 2.32. The lowest BCUT2D eigenvalue weighted by molar-refractivity contribution is -0.129. The lowest BCUT2D eigenvalue weighted by atomic mass is 9.97. The van der Waals surface area contributed by atoms with Crippen molar-refractivity contribution in [3.8, 4) is 11.5 Å². The molecule has 0 aliphatic carbocycles. The molecule has 5 nitrogen and oxygen atoms in total. The van der Waals surface area contributed by atoms with E-state index in [-0.39, 0.29) is 24.7 Å². The van der Waals surface area contributed by atoms with Crippen LogP contribution in [0, 0.1) is 5.92 Å². The van der Waals surface area contributed by atoms with Gasteiger partial charge in [-0.25, -0.2) is 0 Å². The molecule has 0 radical (unpaired) electrons. The fourth-order valence-electron chi connectivity index (χ4n) is 2.62. The van der Waals surface area contributed by atoms with E-state index in [2.05, 4.69) is 0 Å². The van der Waals surface area contributed by atoms with Crippen LogP contribution >= 0.6 is 0 Å². The van der Waals surface area contributed by atoms with Crippen LogP contribution in [0.25, 0.3) is 6.08 Å². The van der Waals surface area contributed by atoms with E-state index in [9.17, 15) is 9.90 Å². The molecule has 0 aromatic heterocycles. The summed E-state index contributed by atoms with van der Waals surface area (Å²) in [6.45, 7) is 3.42. The summed E-state index contributed by atoms with van der Waals surface area (Å²) in [5.41, 5.74) is 0.901. The average molecular weight is 289 g/mol. The monoisotopic (exact) mass is 289 g/mol. The quantitative estimate of drug-likeness (QED) is 0.841. The van der Waals surface area contributed by atoms with Crippen molar-refractivity contribution in [3.05, 3.63) is 29.8 Å². The third kappa shape index (κ3) is 3.03. The van der Waals surface area contributed by atoms with E-state index in [4.69, 9.17) is 9.47 Å². The molecule has 1 amide bonds. The van der Waals surface area contributed by atoms with E-state index in [1.54, 1.807) is 17.1 Å². The zero-order valence-corrected chi connectivity index (χ0v) is 12.0. The van der Waals surface area contributed by atoms with Crippen LogP contribution in [0.5, 0.6) is 11.5 Å². The van der Waals surface area contributed by atoms with E-state index < -0.39 is 0 Å². The highest BCUT2D eigenvalue weighted by atomic mass is 16.7. The fraction of sp³-hybridized carbons (Fsp3) is 0.438. The summed E-state index contributed by atoms with van der Waals surface area (Å²) in [6, 6.07) is 5.58. The number of carbonyl (C=O) groups excluding carboxylic acids is 1. The number of fused-ring (bicyclic) bond motifs is 1. The van der Waals surface area contributed by atoms with E-state index in [0.29, 0.717) is 25.3 Å². The molecule has 0 bridgehead atoms. The summed E-state index contributed by atoms with van der Waals surface area (Å²) in [4.78, 5) is 13.9. The standard InChI is InChI=1S/C16H19NO4/c1-11-9-17(7-6-13(11)18)16(19)5-3-12-2-4-14-15(8-12)21-10-20-14/h2-5,8,11,13,18H,6-7,9-10H2,1H3/b5-3+. The Bertz CT molecular complexity index is 569. The van der Waals surface area contributed by atoms with Crippen LogP contribution in [0.15, 0.2) is 24.3 Å². The van der Waals surface area contributed by atoms with Crippen LogP contribution in [0.2, 0.25) is 0 Å². The van der Waals surface area contributed by atoms with Crippen molar-refractivity contribution in [3.63, 3.8) is 0 Å². The Labute approximate surface area is 123 Å². The van der Waals surface area contributed by atoms with Gasteiger partial charge in [0.25, 0.3) is 0 Å². The molecule has 21 heavy (non-hydrogen) atoms. The molecule has 1 aromatic rings. The van der Waals surface area contributed by atoms with Gasteiger partial charge in [0.05, 0.1) is 6.10 Å². The molecule has 5 heteroatoms. The molecule has 2 unspecified atom stereocenters. The van der Waals surface area contributed by atoms with Gasteiger partial charge in [-0.2, -0.15) is 0 Å². The third-order valence-corrected chi connectivity index (χ3v) is 3.99. The molecular weight excluding hydrogens is 270 g/mol. The van der Waals surface area contributed by atoms with Gasteiger partial charge in [0.2, 0.25) is 12.7 Å². The predicted octanol–water partition coefficient (Wildman–Crippen LogP) is 1.66. The van der Waals surface area contributed by atoms with Gasteiger partial charge in [-0.1, -0.05) is 13.0 Å². The third-order valence-electron chi connectivity index (χ3n) is 3.99. The number of benzene rings is 1. The van der Waals surface area contributed by atoms with Crippen molar-refractivity contribution >= 4 is 12.0 Å². The average Bonchev–Trinajstić information content (AvgIpc) is 2.95. The Morgan fingerprint density at radius 2 is 2.19 bits per heavy atom. The number of ether oxygens (including phenoxy) is 2. The molecule has 0 spiro atoms. The number of rotatable bonds is 2. The Morgan fingerprint density at radius 3 is 3.00 bits per heavy atom. The maximum atomic E-state index is 12.2. The first-order chi connectivity index (χ1) is 10.1. The number of hydrogen-bond donors (Lipinski definition) is 1. The minimum atomic E-state index is -0.299. The molecule has 112 valence electrons. The number of amides is 1. The predicted molar refractivity (Wildman–Crippen MR) is 78.0 cm³/mol. The second kappa shape index (κ2) is 5.77. The van der Waals surface area contributed by atoms with Crippen LogP contribution in [0.4, 0.5) is 0 Å². The van der Waals surface area contributed by atoms with Gasteiger partial charge in [0, 0.05) is 19.2 Å². The highest BCUT2D eigenvalue weighted by molar-refractivity contribution is 5.92. The van der Waals surface area contributed by atoms with Gasteiger partial charge in [-0.3, -0.25) is 4.79 Å². The number of likely N-dealkylation sites (tertiary alicyclic amines) is 1. The van der Waals surface area contributed by atoms with Crippen molar-refractivity contribution in [1.29, 1.82) is 0 Å². The summed E-state index contributed by atoms with van der Waals surface area (Å²) in [6.07, 6.45) is 3.69. The van der Waals surface area contributed by atoms with E-state index in [1.807, 2.05) is 25.1 Å². The Balaban J connectivity index is 1.64. The van der Waals surface area contributed by atoms with Gasteiger partial charge in [0.15, 0.2) is 11.5 Å². The van der Waals surface area contributed by atoms with Crippen molar-refractivity contribution < 1.29 is 19.4 Å². The maximum Gasteiger partial charge on any atom is 0.246 e. The molecule has 1 fully saturated rings. The van der Waals surface area contributed by atoms with Crippen molar-refractivity contribution in [2.75, 3.05) is 19.9 Å². The molecule has 1 aromatic carbocycles. The summed E-state index contributed by atoms with van der Waals surface area (Å²) in [7, 11) is 0. The first-order valence-electron chi connectivity index (χ1n) is 7.18. The van der Waals surface area contributed by atoms with Crippen LogP contribution in [-0.4, -0.2) is 41.9 Å². The second-order valence-corrected chi connectivity index (χ2v) is 5.56. The molecule has 2 atom stereocenters. The van der Waals surface area contributed by atoms with E-state index in [0.717, 1.165) is 11.3 Å². The number of piperidine rings is 1. The number of nitrogens with zero attached hydrogens (tertiary/aromatic N) is 1. The van der Waals surface area contributed by atoms with Crippen LogP contribution in [0.3, 0.4) is 0 Å². The summed E-state index contributed by atoms with van der Waals surface area (Å²) in [5, 5.41) is 9.69. The smallest absolute Gasteiger partial charge is 0.246 e. The van der Waals surface area contributed by atoms with E-state index in [1.165, 1.54) is 0 Å². The SMILES string of the molecule is CC1CN(C(=O)/C=C/c2ccc3c(c2)OCO3)CCC1O. The minimum Gasteiger partial charge on any atom is -0.454 e. The van der Waals surface area contributed by atoms with Gasteiger partial charge in [-0.05, 0) is 36.1 Å². The lowest BCUT2D eigenvalue weighted by Gasteiger charge is -2.33. The Hall–Kier alpha value is -2.01. The maximum absolute atomic E-state index is 12.2. The van der Waals surface area contributed by atoms with Gasteiger partial charge in [0.1, 0.15) is 0 Å². The molecule has 1 saturated heterocycles. The van der Waals surface area contributed by atoms with Crippen molar-refractivity contribution in [2.45, 2.75) is 19.4 Å². The molecular formula is C16H19NO4. The topological polar surface area (TPSA) is 59.0 Å². The zero-order valence-electron chi connectivity index (χ0n) is 12.0. The fourth-order valence-corrected chi connectivity index (χ4v) is 2.62. The molecule has 0 saturated carbocycles. The first kappa shape index (κ1) is 13.9. The molecule has 1 N–H and O–H groups in total. The number of hydrogen-bond acceptors (Lipinski definition) is 4. The highest BCUT2D eigenvalue weighted by Gasteiger charge is 2.26.